The second-order valence-corrected chi connectivity index (χ2v) is 12.4. The lowest BCUT2D eigenvalue weighted by atomic mass is 9.78. The predicted octanol–water partition coefficient (Wildman–Crippen LogP) is 6.66. The van der Waals surface area contributed by atoms with Gasteiger partial charge in [0.1, 0.15) is 5.69 Å². The molecule has 10 heteroatoms. The molecule has 1 aromatic carbocycles. The van der Waals surface area contributed by atoms with Crippen molar-refractivity contribution in [1.29, 1.82) is 0 Å². The van der Waals surface area contributed by atoms with E-state index in [0.717, 1.165) is 37.4 Å². The maximum absolute atomic E-state index is 13.7. The van der Waals surface area contributed by atoms with Crippen molar-refractivity contribution in [1.82, 2.24) is 14.8 Å². The summed E-state index contributed by atoms with van der Waals surface area (Å²) in [4.78, 5) is 8.67. The average Bonchev–Trinajstić information content (AvgIpc) is 3.78. The Morgan fingerprint density at radius 1 is 1.18 bits per heavy atom. The number of halogens is 4. The highest BCUT2D eigenvalue weighted by Gasteiger charge is 2.67. The average molecular weight is 573 g/mol. The number of pyridine rings is 1. The second kappa shape index (κ2) is 10.2. The fourth-order valence-corrected chi connectivity index (χ4v) is 6.70. The van der Waals surface area contributed by atoms with Crippen LogP contribution >= 0.6 is 11.6 Å². The van der Waals surface area contributed by atoms with Gasteiger partial charge >= 0.3 is 6.18 Å². The third kappa shape index (κ3) is 5.29. The number of hydrogen-bond acceptors (Lipinski definition) is 5. The summed E-state index contributed by atoms with van der Waals surface area (Å²) < 4.78 is 42.7. The van der Waals surface area contributed by atoms with Gasteiger partial charge in [-0.25, -0.2) is 4.98 Å². The number of nitrogens with zero attached hydrogens (tertiary/aromatic N) is 4. The fourth-order valence-electron chi connectivity index (χ4n) is 6.53. The number of nitrogens with one attached hydrogen (secondary N) is 1. The first-order valence-corrected chi connectivity index (χ1v) is 14.7. The fraction of sp³-hybridized carbons (Fsp3) is 0.567. The maximum Gasteiger partial charge on any atom is 0.433 e. The summed E-state index contributed by atoms with van der Waals surface area (Å²) in [6.07, 6.45) is 0.112. The van der Waals surface area contributed by atoms with E-state index in [-0.39, 0.29) is 35.3 Å². The van der Waals surface area contributed by atoms with E-state index in [1.165, 1.54) is 12.5 Å². The minimum Gasteiger partial charge on any atom is -0.857 e. The molecule has 0 aliphatic heterocycles. The molecule has 5 atom stereocenters. The van der Waals surface area contributed by atoms with E-state index in [1.54, 1.807) is 16.8 Å². The predicted molar refractivity (Wildman–Crippen MR) is 149 cm³/mol. The van der Waals surface area contributed by atoms with E-state index < -0.39 is 11.9 Å². The minimum absolute atomic E-state index is 0.0407. The number of anilines is 1. The van der Waals surface area contributed by atoms with Crippen molar-refractivity contribution < 1.29 is 18.3 Å². The van der Waals surface area contributed by atoms with Crippen molar-refractivity contribution >= 4 is 34.1 Å². The Morgan fingerprint density at radius 2 is 1.95 bits per heavy atom. The van der Waals surface area contributed by atoms with Crippen LogP contribution in [0.4, 0.5) is 18.9 Å². The van der Waals surface area contributed by atoms with Crippen molar-refractivity contribution in [3.05, 3.63) is 52.4 Å². The molecule has 0 amide bonds. The molecular formula is C30H34ClF3N5O-. The van der Waals surface area contributed by atoms with Crippen molar-refractivity contribution in [2.45, 2.75) is 83.6 Å². The largest absolute Gasteiger partial charge is 0.857 e. The van der Waals surface area contributed by atoms with E-state index in [4.69, 9.17) is 16.6 Å². The van der Waals surface area contributed by atoms with Crippen LogP contribution in [0, 0.1) is 23.7 Å². The van der Waals surface area contributed by atoms with Crippen molar-refractivity contribution in [3.8, 4) is 0 Å². The summed E-state index contributed by atoms with van der Waals surface area (Å²) in [5.74, 6) is 1.96. The Kier molecular flexibility index (Phi) is 7.00. The third-order valence-corrected chi connectivity index (χ3v) is 9.16. The van der Waals surface area contributed by atoms with E-state index >= 15 is 0 Å². The third-order valence-electron chi connectivity index (χ3n) is 8.93. The lowest BCUT2D eigenvalue weighted by molar-refractivity contribution is -0.214. The second-order valence-electron chi connectivity index (χ2n) is 12.0. The van der Waals surface area contributed by atoms with E-state index in [0.29, 0.717) is 46.1 Å². The highest BCUT2D eigenvalue weighted by Crippen LogP contribution is 2.71. The number of benzene rings is 1. The lowest BCUT2D eigenvalue weighted by Gasteiger charge is -2.36. The van der Waals surface area contributed by atoms with E-state index in [9.17, 15) is 18.3 Å². The highest BCUT2D eigenvalue weighted by molar-refractivity contribution is 6.31. The molecule has 0 saturated heterocycles. The van der Waals surface area contributed by atoms with Crippen molar-refractivity contribution in [2.75, 3.05) is 5.32 Å². The van der Waals surface area contributed by atoms with Gasteiger partial charge in [0.25, 0.3) is 0 Å². The van der Waals surface area contributed by atoms with Gasteiger partial charge in [-0.05, 0) is 92.5 Å². The molecule has 0 bridgehead atoms. The molecule has 0 spiro atoms. The van der Waals surface area contributed by atoms with Crippen LogP contribution in [0.5, 0.6) is 0 Å². The Morgan fingerprint density at radius 3 is 2.60 bits per heavy atom. The number of aryl methyl sites for hydroxylation is 1. The molecule has 3 aromatic rings. The zero-order valence-electron chi connectivity index (χ0n) is 22.9. The van der Waals surface area contributed by atoms with Gasteiger partial charge in [-0.2, -0.15) is 18.3 Å². The van der Waals surface area contributed by atoms with Gasteiger partial charge in [-0.15, -0.1) is 0 Å². The summed E-state index contributed by atoms with van der Waals surface area (Å²) >= 11 is 6.20. The smallest absolute Gasteiger partial charge is 0.433 e. The van der Waals surface area contributed by atoms with Gasteiger partial charge in [-0.3, -0.25) is 9.67 Å². The minimum atomic E-state index is -4.56. The molecule has 4 unspecified atom stereocenters. The molecule has 40 heavy (non-hydrogen) atoms. The van der Waals surface area contributed by atoms with Crippen LogP contribution < -0.4 is 10.4 Å². The first-order chi connectivity index (χ1) is 19.0. The van der Waals surface area contributed by atoms with Crippen LogP contribution in [-0.4, -0.2) is 32.7 Å². The molecule has 3 aliphatic rings. The zero-order valence-corrected chi connectivity index (χ0v) is 23.6. The first kappa shape index (κ1) is 27.4. The summed E-state index contributed by atoms with van der Waals surface area (Å²) in [5.41, 5.74) is 1.13. The number of alkyl halides is 3. The van der Waals surface area contributed by atoms with Gasteiger partial charge in [-0.1, -0.05) is 31.9 Å². The van der Waals surface area contributed by atoms with Crippen LogP contribution in [0.15, 0.2) is 35.3 Å². The van der Waals surface area contributed by atoms with Gasteiger partial charge in [0.05, 0.1) is 22.9 Å². The highest BCUT2D eigenvalue weighted by atomic mass is 35.5. The first-order valence-electron chi connectivity index (χ1n) is 14.3. The molecule has 1 N–H and O–H groups in total. The van der Waals surface area contributed by atoms with E-state index in [1.807, 2.05) is 13.0 Å². The molecule has 3 saturated carbocycles. The lowest BCUT2D eigenvalue weighted by Crippen LogP contribution is -2.36. The van der Waals surface area contributed by atoms with Crippen molar-refractivity contribution in [3.63, 3.8) is 0 Å². The molecule has 0 radical (unpaired) electrons. The van der Waals surface area contributed by atoms with E-state index in [2.05, 4.69) is 29.2 Å². The monoisotopic (exact) mass is 572 g/mol. The van der Waals surface area contributed by atoms with Crippen LogP contribution in [0.2, 0.25) is 5.02 Å². The molecule has 2 heterocycles. The van der Waals surface area contributed by atoms with Crippen LogP contribution in [0.3, 0.4) is 0 Å². The zero-order chi connectivity index (χ0) is 28.3. The van der Waals surface area contributed by atoms with Crippen LogP contribution in [-0.2, 0) is 12.7 Å². The van der Waals surface area contributed by atoms with Crippen LogP contribution in [0.1, 0.15) is 75.9 Å². The molecular weight excluding hydrogens is 539 g/mol. The molecule has 6 nitrogen and oxygen atoms in total. The number of aliphatic imine (C=N–C) groups is 1. The topological polar surface area (TPSA) is 78.2 Å². The Hall–Kier alpha value is -2.81. The molecule has 214 valence electrons. The van der Waals surface area contributed by atoms with Crippen LogP contribution in [0.25, 0.3) is 10.9 Å². The summed E-state index contributed by atoms with van der Waals surface area (Å²) in [7, 11) is 0. The standard InChI is InChI=1S/C30H35ClF3N5O/c1-4-39-25(13-23(38-39)15(2)3)29(40)37-28(27-19-12-20(19)27)16-6-5-7-18(10-16)35-24-14-26(30(32,33)34)36-22-9-8-17(31)11-21(22)24/h8-9,11,13-16,18-20,27-28H,4-7,10,12H2,1-3H3,(H,35,36)(H,37,40)/p-1/t16?,18-,19?,20?,27?,28?/m0/s1. The number of aromatic nitrogens is 3. The summed E-state index contributed by atoms with van der Waals surface area (Å²) in [6.45, 7) is 6.68. The molecule has 6 rings (SSSR count). The van der Waals surface area contributed by atoms with Gasteiger partial charge < -0.3 is 10.4 Å². The summed E-state index contributed by atoms with van der Waals surface area (Å²) in [5, 5.41) is 22.5. The Balaban J connectivity index is 1.27. The number of rotatable bonds is 8. The molecule has 3 fully saturated rings. The normalized spacial score (nSPS) is 27.1. The molecule has 3 aliphatic carbocycles. The maximum atomic E-state index is 13.7. The SMILES string of the molecule is CCn1nc(C(C)C)cc1C([O-])=NC(C1CCC[C@H](Nc2cc(C(F)(F)F)nc3ccc(Cl)cc23)C1)C1C2CC21. The van der Waals surface area contributed by atoms with Crippen molar-refractivity contribution in [2.24, 2.45) is 28.7 Å². The van der Waals surface area contributed by atoms with Gasteiger partial charge in [0.2, 0.25) is 0 Å². The molecule has 2 aromatic heterocycles. The Bertz CT molecular complexity index is 1440. The Labute approximate surface area is 237 Å². The quantitative estimate of drug-likeness (QED) is 0.242. The van der Waals surface area contributed by atoms with Gasteiger partial charge in [0.15, 0.2) is 0 Å². The number of hydrogen-bond donors (Lipinski definition) is 1. The summed E-state index contributed by atoms with van der Waals surface area (Å²) in [6, 6.07) is 7.57. The number of fused-ring (bicyclic) bond motifs is 2. The van der Waals surface area contributed by atoms with Gasteiger partial charge in [0, 0.05) is 34.6 Å².